The van der Waals surface area contributed by atoms with E-state index in [0.29, 0.717) is 31.6 Å². The van der Waals surface area contributed by atoms with Crippen LogP contribution in [0.4, 0.5) is 0 Å². The van der Waals surface area contributed by atoms with E-state index in [0.717, 1.165) is 10.9 Å². The standard InChI is InChI=1S/C22H21N3O2/c26-20(17-6-7-19-16(12-17)8-10-23-19)25-11-9-22(14-25)18(13-24-21(22)27)15-4-2-1-3-5-15/h1-8,10,12,18,23H,9,11,13-14H2,(H,24,27)/t18-,22-/m1/s1. The summed E-state index contributed by atoms with van der Waals surface area (Å²) in [6, 6.07) is 17.8. The fourth-order valence-electron chi connectivity index (χ4n) is 4.69. The monoisotopic (exact) mass is 359 g/mol. The van der Waals surface area contributed by atoms with Crippen LogP contribution in [0.2, 0.25) is 0 Å². The lowest BCUT2D eigenvalue weighted by molar-refractivity contribution is -0.127. The van der Waals surface area contributed by atoms with Gasteiger partial charge in [-0.05, 0) is 36.2 Å². The third kappa shape index (κ3) is 2.46. The van der Waals surface area contributed by atoms with E-state index in [1.807, 2.05) is 53.6 Å². The predicted molar refractivity (Wildman–Crippen MR) is 103 cm³/mol. The van der Waals surface area contributed by atoms with Crippen molar-refractivity contribution < 1.29 is 9.59 Å². The molecule has 0 unspecified atom stereocenters. The quantitative estimate of drug-likeness (QED) is 0.739. The first kappa shape index (κ1) is 16.1. The highest BCUT2D eigenvalue weighted by molar-refractivity contribution is 5.99. The number of amides is 2. The molecule has 2 fully saturated rings. The van der Waals surface area contributed by atoms with Gasteiger partial charge < -0.3 is 15.2 Å². The van der Waals surface area contributed by atoms with Crippen LogP contribution in [0.5, 0.6) is 0 Å². The fourth-order valence-corrected chi connectivity index (χ4v) is 4.69. The van der Waals surface area contributed by atoms with Crippen molar-refractivity contribution in [2.75, 3.05) is 19.6 Å². The molecular formula is C22H21N3O2. The number of rotatable bonds is 2. The van der Waals surface area contributed by atoms with E-state index >= 15 is 0 Å². The van der Waals surface area contributed by atoms with Gasteiger partial charge in [0.05, 0.1) is 5.41 Å². The number of hydrogen-bond donors (Lipinski definition) is 2. The van der Waals surface area contributed by atoms with Gasteiger partial charge in [-0.3, -0.25) is 9.59 Å². The number of aromatic nitrogens is 1. The minimum absolute atomic E-state index is 0.00138. The van der Waals surface area contributed by atoms with Gasteiger partial charge in [-0.15, -0.1) is 0 Å². The summed E-state index contributed by atoms with van der Waals surface area (Å²) in [5.74, 6) is 0.186. The Hall–Kier alpha value is -3.08. The van der Waals surface area contributed by atoms with Gasteiger partial charge in [0.15, 0.2) is 0 Å². The van der Waals surface area contributed by atoms with Crippen LogP contribution in [0.1, 0.15) is 28.3 Å². The number of aromatic amines is 1. The molecule has 0 saturated carbocycles. The van der Waals surface area contributed by atoms with Crippen molar-refractivity contribution in [2.45, 2.75) is 12.3 Å². The summed E-state index contributed by atoms with van der Waals surface area (Å²) in [7, 11) is 0. The summed E-state index contributed by atoms with van der Waals surface area (Å²) < 4.78 is 0. The van der Waals surface area contributed by atoms with Crippen LogP contribution >= 0.6 is 0 Å². The minimum atomic E-state index is -0.519. The number of carbonyl (C=O) groups is 2. The minimum Gasteiger partial charge on any atom is -0.361 e. The van der Waals surface area contributed by atoms with E-state index in [1.54, 1.807) is 0 Å². The first-order valence-electron chi connectivity index (χ1n) is 9.37. The third-order valence-electron chi connectivity index (χ3n) is 6.18. The van der Waals surface area contributed by atoms with Gasteiger partial charge in [-0.2, -0.15) is 0 Å². The highest BCUT2D eigenvalue weighted by atomic mass is 16.2. The molecule has 2 aliphatic rings. The molecular weight excluding hydrogens is 338 g/mol. The van der Waals surface area contributed by atoms with Crippen molar-refractivity contribution in [3.8, 4) is 0 Å². The number of nitrogens with zero attached hydrogens (tertiary/aromatic N) is 1. The topological polar surface area (TPSA) is 65.2 Å². The Labute approximate surface area is 157 Å². The van der Waals surface area contributed by atoms with Gasteiger partial charge in [0.1, 0.15) is 0 Å². The van der Waals surface area contributed by atoms with Crippen LogP contribution in [0.3, 0.4) is 0 Å². The molecule has 1 aromatic heterocycles. The first-order valence-corrected chi connectivity index (χ1v) is 9.37. The molecule has 2 aromatic carbocycles. The average Bonchev–Trinajstić information content (AvgIpc) is 3.42. The molecule has 2 atom stereocenters. The van der Waals surface area contributed by atoms with Crippen LogP contribution in [0.25, 0.3) is 10.9 Å². The number of H-pyrrole nitrogens is 1. The molecule has 2 aliphatic heterocycles. The Morgan fingerprint density at radius 1 is 1.11 bits per heavy atom. The van der Waals surface area contributed by atoms with E-state index in [2.05, 4.69) is 22.4 Å². The maximum atomic E-state index is 13.1. The number of carbonyl (C=O) groups excluding carboxylic acids is 2. The van der Waals surface area contributed by atoms with E-state index < -0.39 is 5.41 Å². The summed E-state index contributed by atoms with van der Waals surface area (Å²) in [6.07, 6.45) is 2.58. The SMILES string of the molecule is O=C(c1ccc2[nH]ccc2c1)N1CC[C@]2(C1)C(=O)NC[C@@H]2c1ccccc1. The zero-order valence-corrected chi connectivity index (χ0v) is 14.9. The lowest BCUT2D eigenvalue weighted by Gasteiger charge is -2.28. The first-order chi connectivity index (χ1) is 13.2. The van der Waals surface area contributed by atoms with Crippen molar-refractivity contribution in [3.63, 3.8) is 0 Å². The number of fused-ring (bicyclic) bond motifs is 1. The van der Waals surface area contributed by atoms with Crippen molar-refractivity contribution in [2.24, 2.45) is 5.41 Å². The van der Waals surface area contributed by atoms with Crippen LogP contribution in [0.15, 0.2) is 60.8 Å². The van der Waals surface area contributed by atoms with Crippen LogP contribution in [0, 0.1) is 5.41 Å². The molecule has 0 radical (unpaired) electrons. The van der Waals surface area contributed by atoms with Crippen LogP contribution in [-0.2, 0) is 4.79 Å². The van der Waals surface area contributed by atoms with Crippen molar-refractivity contribution in [1.29, 1.82) is 0 Å². The molecule has 2 N–H and O–H groups in total. The second-order valence-corrected chi connectivity index (χ2v) is 7.59. The highest BCUT2D eigenvalue weighted by Gasteiger charge is 2.55. The maximum Gasteiger partial charge on any atom is 0.253 e. The molecule has 5 heteroatoms. The molecule has 0 aliphatic carbocycles. The average molecular weight is 359 g/mol. The molecule has 2 amide bonds. The van der Waals surface area contributed by atoms with E-state index in [9.17, 15) is 9.59 Å². The van der Waals surface area contributed by atoms with Gasteiger partial charge in [-0.1, -0.05) is 30.3 Å². The number of hydrogen-bond acceptors (Lipinski definition) is 2. The Bertz CT molecular complexity index is 1030. The molecule has 27 heavy (non-hydrogen) atoms. The second kappa shape index (κ2) is 5.98. The molecule has 1 spiro atoms. The molecule has 2 saturated heterocycles. The Morgan fingerprint density at radius 2 is 1.96 bits per heavy atom. The Balaban J connectivity index is 1.43. The summed E-state index contributed by atoms with van der Waals surface area (Å²) in [5, 5.41) is 4.06. The van der Waals surface area contributed by atoms with Crippen molar-refractivity contribution in [1.82, 2.24) is 15.2 Å². The lowest BCUT2D eigenvalue weighted by atomic mass is 9.73. The summed E-state index contributed by atoms with van der Waals surface area (Å²) >= 11 is 0. The molecule has 5 rings (SSSR count). The van der Waals surface area contributed by atoms with E-state index in [-0.39, 0.29) is 17.7 Å². The predicted octanol–water partition coefficient (Wildman–Crippen LogP) is 2.91. The fraction of sp³-hybridized carbons (Fsp3) is 0.273. The number of benzene rings is 2. The Kier molecular flexibility index (Phi) is 3.57. The molecule has 3 aromatic rings. The van der Waals surface area contributed by atoms with Gasteiger partial charge in [0, 0.05) is 48.2 Å². The van der Waals surface area contributed by atoms with Gasteiger partial charge in [0.25, 0.3) is 5.91 Å². The van der Waals surface area contributed by atoms with E-state index in [1.165, 1.54) is 5.56 Å². The summed E-state index contributed by atoms with van der Waals surface area (Å²) in [4.78, 5) is 30.8. The molecule has 0 bridgehead atoms. The summed E-state index contributed by atoms with van der Waals surface area (Å²) in [5.41, 5.74) is 2.34. The van der Waals surface area contributed by atoms with Gasteiger partial charge in [-0.25, -0.2) is 0 Å². The number of likely N-dealkylation sites (tertiary alicyclic amines) is 1. The lowest BCUT2D eigenvalue weighted by Crippen LogP contribution is -2.39. The second-order valence-electron chi connectivity index (χ2n) is 7.59. The van der Waals surface area contributed by atoms with Crippen LogP contribution in [-0.4, -0.2) is 41.3 Å². The maximum absolute atomic E-state index is 13.1. The largest absolute Gasteiger partial charge is 0.361 e. The smallest absolute Gasteiger partial charge is 0.253 e. The molecule has 136 valence electrons. The van der Waals surface area contributed by atoms with Gasteiger partial charge >= 0.3 is 0 Å². The zero-order valence-electron chi connectivity index (χ0n) is 14.9. The van der Waals surface area contributed by atoms with Crippen molar-refractivity contribution >= 4 is 22.7 Å². The zero-order chi connectivity index (χ0) is 18.4. The molecule has 3 heterocycles. The van der Waals surface area contributed by atoms with E-state index in [4.69, 9.17) is 0 Å². The molecule has 5 nitrogen and oxygen atoms in total. The highest BCUT2D eigenvalue weighted by Crippen LogP contribution is 2.47. The van der Waals surface area contributed by atoms with Gasteiger partial charge in [0.2, 0.25) is 5.91 Å². The third-order valence-corrected chi connectivity index (χ3v) is 6.18. The van der Waals surface area contributed by atoms with Crippen molar-refractivity contribution in [3.05, 3.63) is 71.9 Å². The van der Waals surface area contributed by atoms with Crippen LogP contribution < -0.4 is 5.32 Å². The Morgan fingerprint density at radius 3 is 2.81 bits per heavy atom. The number of nitrogens with one attached hydrogen (secondary N) is 2. The summed E-state index contributed by atoms with van der Waals surface area (Å²) in [6.45, 7) is 1.73. The normalized spacial score (nSPS) is 24.7.